The molecule has 1 aliphatic heterocycles. The first-order valence-electron chi connectivity index (χ1n) is 7.15. The van der Waals surface area contributed by atoms with Gasteiger partial charge in [0, 0.05) is 22.4 Å². The number of hydrogen-bond donors (Lipinski definition) is 1. The molecule has 0 saturated heterocycles. The second-order valence-electron chi connectivity index (χ2n) is 5.58. The molecular weight excluding hydrogens is 367 g/mol. The van der Waals surface area contributed by atoms with E-state index in [1.165, 1.54) is 0 Å². The molecule has 2 aromatic carbocycles. The van der Waals surface area contributed by atoms with Crippen molar-refractivity contribution in [3.05, 3.63) is 70.0 Å². The highest BCUT2D eigenvalue weighted by atomic mass is 35.5. The number of nitrogens with one attached hydrogen (secondary N) is 1. The Morgan fingerprint density at radius 1 is 0.958 bits per heavy atom. The highest BCUT2D eigenvalue weighted by Gasteiger charge is 2.40. The molecule has 0 aliphatic carbocycles. The van der Waals surface area contributed by atoms with Crippen LogP contribution in [0.1, 0.15) is 16.1 Å². The molecule has 0 radical (unpaired) electrons. The number of nitrogens with zero attached hydrogens (tertiary/aromatic N) is 1. The molecule has 3 nitrogen and oxygen atoms in total. The molecule has 0 fully saturated rings. The molecule has 3 heterocycles. The van der Waals surface area contributed by atoms with Crippen LogP contribution in [0, 0.1) is 0 Å². The number of carbonyl (C=O) groups excluding carboxylic acids is 1. The number of benzene rings is 2. The van der Waals surface area contributed by atoms with Gasteiger partial charge in [0.2, 0.25) is 5.69 Å². The lowest BCUT2D eigenvalue weighted by molar-refractivity contribution is -0.592. The molecule has 4 aromatic rings. The first-order chi connectivity index (χ1) is 11.2. The Morgan fingerprint density at radius 2 is 1.75 bits per heavy atom. The van der Waals surface area contributed by atoms with Gasteiger partial charge in [-0.05, 0) is 18.2 Å². The van der Waals surface area contributed by atoms with E-state index in [1.54, 1.807) is 12.1 Å². The smallest absolute Gasteiger partial charge is 0.284 e. The molecule has 6 heteroatoms. The Balaban J connectivity index is 0.00000146. The van der Waals surface area contributed by atoms with Gasteiger partial charge in [-0.25, -0.2) is 0 Å². The molecule has 0 atom stereocenters. The summed E-state index contributed by atoms with van der Waals surface area (Å²) in [4.78, 5) is 16.3. The largest absolute Gasteiger partial charge is 1.00 e. The molecule has 0 bridgehead atoms. The van der Waals surface area contributed by atoms with Crippen LogP contribution < -0.4 is 17.0 Å². The number of aromatic amines is 1. The number of pyridine rings is 1. The third kappa shape index (κ3) is 1.80. The Hall–Kier alpha value is -2.07. The number of H-pyrrole nitrogens is 1. The predicted octanol–water partition coefficient (Wildman–Crippen LogP) is 1.45. The fourth-order valence-electron chi connectivity index (χ4n) is 3.36. The highest BCUT2D eigenvalue weighted by molar-refractivity contribution is 6.43. The first-order valence-corrected chi connectivity index (χ1v) is 7.90. The molecule has 1 aliphatic rings. The van der Waals surface area contributed by atoms with Gasteiger partial charge in [-0.3, -0.25) is 4.79 Å². The number of ketones is 1. The Kier molecular flexibility index (Phi) is 3.36. The van der Waals surface area contributed by atoms with Crippen molar-refractivity contribution in [3.63, 3.8) is 0 Å². The number of aromatic nitrogens is 2. The van der Waals surface area contributed by atoms with Crippen LogP contribution in [0.2, 0.25) is 10.0 Å². The van der Waals surface area contributed by atoms with E-state index >= 15 is 0 Å². The van der Waals surface area contributed by atoms with Gasteiger partial charge in [0.15, 0.2) is 6.20 Å². The van der Waals surface area contributed by atoms with E-state index in [2.05, 4.69) is 4.98 Å². The summed E-state index contributed by atoms with van der Waals surface area (Å²) in [5.41, 5.74) is 3.65. The molecule has 5 rings (SSSR count). The van der Waals surface area contributed by atoms with Gasteiger partial charge in [-0.1, -0.05) is 41.4 Å². The lowest BCUT2D eigenvalue weighted by Crippen LogP contribution is -3.00. The number of hydrogen-bond acceptors (Lipinski definition) is 1. The van der Waals surface area contributed by atoms with Crippen molar-refractivity contribution in [2.75, 3.05) is 0 Å². The average molecular weight is 376 g/mol. The Morgan fingerprint density at radius 3 is 2.58 bits per heavy atom. The second kappa shape index (κ2) is 5.21. The zero-order valence-corrected chi connectivity index (χ0v) is 14.4. The van der Waals surface area contributed by atoms with E-state index < -0.39 is 0 Å². The van der Waals surface area contributed by atoms with E-state index in [4.69, 9.17) is 23.2 Å². The minimum absolute atomic E-state index is 0. The summed E-state index contributed by atoms with van der Waals surface area (Å²) in [5.74, 6) is -0.0456. The molecule has 0 unspecified atom stereocenters. The minimum Gasteiger partial charge on any atom is -1.00 e. The lowest BCUT2D eigenvalue weighted by Gasteiger charge is -1.98. The maximum atomic E-state index is 12.9. The number of para-hydroxylation sites is 1. The maximum absolute atomic E-state index is 12.9. The van der Waals surface area contributed by atoms with Crippen LogP contribution in [0.25, 0.3) is 27.5 Å². The van der Waals surface area contributed by atoms with Gasteiger partial charge in [0.1, 0.15) is 16.1 Å². The summed E-state index contributed by atoms with van der Waals surface area (Å²) in [6.45, 7) is 0. The number of fused-ring (bicyclic) bond motifs is 7. The summed E-state index contributed by atoms with van der Waals surface area (Å²) in [6, 6.07) is 13.4. The quantitative estimate of drug-likeness (QED) is 0.409. The zero-order valence-electron chi connectivity index (χ0n) is 12.1. The fraction of sp³-hybridized carbons (Fsp3) is 0. The molecular formula is C18H9Cl3N2O. The van der Waals surface area contributed by atoms with Gasteiger partial charge in [0.05, 0.1) is 5.02 Å². The number of carbonyl (C=O) groups is 1. The summed E-state index contributed by atoms with van der Waals surface area (Å²) in [6.07, 6.45) is 1.88. The molecule has 1 N–H and O–H groups in total. The fourth-order valence-corrected chi connectivity index (χ4v) is 3.77. The van der Waals surface area contributed by atoms with E-state index in [0.29, 0.717) is 27.0 Å². The lowest BCUT2D eigenvalue weighted by atomic mass is 10.1. The van der Waals surface area contributed by atoms with Gasteiger partial charge in [-0.2, -0.15) is 4.57 Å². The van der Waals surface area contributed by atoms with Crippen molar-refractivity contribution in [1.82, 2.24) is 4.98 Å². The normalized spacial score (nSPS) is 12.3. The van der Waals surface area contributed by atoms with Gasteiger partial charge in [-0.15, -0.1) is 0 Å². The van der Waals surface area contributed by atoms with Crippen LogP contribution in [-0.2, 0) is 0 Å². The van der Waals surface area contributed by atoms with Crippen molar-refractivity contribution in [1.29, 1.82) is 0 Å². The van der Waals surface area contributed by atoms with Gasteiger partial charge < -0.3 is 17.4 Å². The summed E-state index contributed by atoms with van der Waals surface area (Å²) >= 11 is 12.5. The monoisotopic (exact) mass is 374 g/mol. The Labute approximate surface area is 153 Å². The zero-order chi connectivity index (χ0) is 15.7. The summed E-state index contributed by atoms with van der Waals surface area (Å²) in [5, 5.41) is 2.96. The van der Waals surface area contributed by atoms with Crippen LogP contribution >= 0.6 is 23.2 Å². The number of halogens is 3. The topological polar surface area (TPSA) is 36.7 Å². The predicted molar refractivity (Wildman–Crippen MR) is 90.8 cm³/mol. The molecule has 0 amide bonds. The molecule has 2 aromatic heterocycles. The van der Waals surface area contributed by atoms with Crippen LogP contribution in [0.3, 0.4) is 0 Å². The molecule has 0 saturated carbocycles. The van der Waals surface area contributed by atoms with E-state index in [-0.39, 0.29) is 18.2 Å². The van der Waals surface area contributed by atoms with Crippen molar-refractivity contribution >= 4 is 50.8 Å². The van der Waals surface area contributed by atoms with Crippen molar-refractivity contribution < 1.29 is 21.8 Å². The SMILES string of the molecule is O=C1c2ccc(Cl)c(Cl)c2-[n+]2ccc3c([nH]c4ccccc43)c21.[Cl-]. The summed E-state index contributed by atoms with van der Waals surface area (Å²) in [7, 11) is 0. The third-order valence-corrected chi connectivity index (χ3v) is 5.18. The minimum atomic E-state index is -0.0456. The van der Waals surface area contributed by atoms with E-state index in [1.807, 2.05) is 41.1 Å². The van der Waals surface area contributed by atoms with Gasteiger partial charge >= 0.3 is 0 Å². The maximum Gasteiger partial charge on any atom is 0.284 e. The second-order valence-corrected chi connectivity index (χ2v) is 6.37. The Bertz CT molecular complexity index is 1160. The van der Waals surface area contributed by atoms with Crippen molar-refractivity contribution in [2.45, 2.75) is 0 Å². The molecule has 118 valence electrons. The first kappa shape index (κ1) is 15.5. The summed E-state index contributed by atoms with van der Waals surface area (Å²) < 4.78 is 1.82. The standard InChI is InChI=1S/C18H8Cl2N2O.ClH/c19-12-6-5-11-16(14(12)20)22-8-7-10-9-3-1-2-4-13(9)21-15(10)17(22)18(11)23;/h1-8H;1H. The average Bonchev–Trinajstić information content (AvgIpc) is 3.07. The van der Waals surface area contributed by atoms with Crippen LogP contribution in [0.15, 0.2) is 48.7 Å². The molecule has 24 heavy (non-hydrogen) atoms. The van der Waals surface area contributed by atoms with Crippen LogP contribution in [0.5, 0.6) is 0 Å². The van der Waals surface area contributed by atoms with E-state index in [9.17, 15) is 4.79 Å². The van der Waals surface area contributed by atoms with Crippen LogP contribution in [0.4, 0.5) is 0 Å². The van der Waals surface area contributed by atoms with Crippen molar-refractivity contribution in [2.24, 2.45) is 0 Å². The molecule has 0 spiro atoms. The van der Waals surface area contributed by atoms with Gasteiger partial charge in [0.25, 0.3) is 11.5 Å². The number of rotatable bonds is 0. The van der Waals surface area contributed by atoms with Crippen molar-refractivity contribution in [3.8, 4) is 5.69 Å². The highest BCUT2D eigenvalue weighted by Crippen LogP contribution is 2.36. The van der Waals surface area contributed by atoms with Crippen LogP contribution in [-0.4, -0.2) is 10.8 Å². The van der Waals surface area contributed by atoms with E-state index in [0.717, 1.165) is 21.8 Å². The third-order valence-electron chi connectivity index (χ3n) is 4.38.